The van der Waals surface area contributed by atoms with Gasteiger partial charge in [0.2, 0.25) is 0 Å². The van der Waals surface area contributed by atoms with Crippen LogP contribution in [0.4, 0.5) is 0 Å². The largest absolute Gasteiger partial charge is 0.516 e. The zero-order valence-electron chi connectivity index (χ0n) is 24.2. The molecule has 0 spiro atoms. The molecule has 3 atom stereocenters. The van der Waals surface area contributed by atoms with E-state index in [4.69, 9.17) is 29.5 Å². The van der Waals surface area contributed by atoms with Crippen molar-refractivity contribution in [2.45, 2.75) is 51.0 Å². The highest BCUT2D eigenvalue weighted by Crippen LogP contribution is 2.34. The summed E-state index contributed by atoms with van der Waals surface area (Å²) < 4.78 is 17.0. The van der Waals surface area contributed by atoms with Gasteiger partial charge in [0.1, 0.15) is 24.4 Å². The summed E-state index contributed by atoms with van der Waals surface area (Å²) in [5, 5.41) is 67.5. The van der Waals surface area contributed by atoms with Gasteiger partial charge in [-0.05, 0) is 47.9 Å². The topological polar surface area (TPSA) is 186 Å². The molecule has 0 heterocycles. The lowest BCUT2D eigenvalue weighted by Gasteiger charge is -2.24. The van der Waals surface area contributed by atoms with Crippen molar-refractivity contribution in [3.8, 4) is 17.2 Å². The molecule has 1 aliphatic carbocycles. The molecule has 0 fully saturated rings. The Balaban J connectivity index is 1.73. The minimum absolute atomic E-state index is 0.0166. The summed E-state index contributed by atoms with van der Waals surface area (Å²) in [7, 11) is 0. The van der Waals surface area contributed by atoms with Gasteiger partial charge in [0.15, 0.2) is 30.2 Å². The van der Waals surface area contributed by atoms with Crippen LogP contribution in [0.2, 0.25) is 0 Å². The highest BCUT2D eigenvalue weighted by molar-refractivity contribution is 5.68. The smallest absolute Gasteiger partial charge is 0.186 e. The number of hydrogen-bond donors (Lipinski definition) is 7. The van der Waals surface area contributed by atoms with Gasteiger partial charge in [-0.1, -0.05) is 48.6 Å². The van der Waals surface area contributed by atoms with Crippen LogP contribution in [0.5, 0.6) is 17.2 Å². The molecule has 0 saturated carbocycles. The Hall–Kier alpha value is -4.39. The first-order chi connectivity index (χ1) is 21.1. The number of aliphatic hydroxyl groups excluding tert-OH is 4. The van der Waals surface area contributed by atoms with Crippen LogP contribution in [0.25, 0.3) is 12.2 Å². The third-order valence-corrected chi connectivity index (χ3v) is 6.56. The maximum atomic E-state index is 11.1. The van der Waals surface area contributed by atoms with Crippen molar-refractivity contribution in [1.82, 2.24) is 0 Å². The Morgan fingerprint density at radius 2 is 1.73 bits per heavy atom. The Morgan fingerprint density at radius 3 is 2.43 bits per heavy atom. The first-order valence-corrected chi connectivity index (χ1v) is 13.9. The van der Waals surface area contributed by atoms with E-state index in [-0.39, 0.29) is 37.6 Å². The lowest BCUT2D eigenvalue weighted by molar-refractivity contribution is -0.245. The molecule has 3 rings (SSSR count). The molecule has 2 aromatic carbocycles. The van der Waals surface area contributed by atoms with E-state index in [0.717, 1.165) is 23.0 Å². The second-order valence-corrected chi connectivity index (χ2v) is 9.98. The van der Waals surface area contributed by atoms with Gasteiger partial charge >= 0.3 is 0 Å². The van der Waals surface area contributed by atoms with Gasteiger partial charge in [-0.2, -0.15) is 0 Å². The number of aromatic hydroxyl groups is 2. The highest BCUT2D eigenvalue weighted by Gasteiger charge is 2.26. The van der Waals surface area contributed by atoms with E-state index in [2.05, 4.69) is 0 Å². The number of fused-ring (bicyclic) bond motifs is 1. The second kappa shape index (κ2) is 17.0. The molecule has 1 aliphatic rings. The molecule has 2 aromatic rings. The number of rotatable bonds is 16. The third-order valence-electron chi connectivity index (χ3n) is 6.56. The number of hydrogen-bond acceptors (Lipinski definition) is 11. The Morgan fingerprint density at radius 1 is 0.955 bits per heavy atom. The van der Waals surface area contributed by atoms with Crippen molar-refractivity contribution in [2.75, 3.05) is 13.2 Å². The SMILES string of the molecule is CC(COC1=CC(CCOc2ccc(/C=C/C=C/C=C/O)cc2O)=Cc2ccc(CC=O)c(O)c2C1)OC(O)C(O)C(O)O. The van der Waals surface area contributed by atoms with Gasteiger partial charge in [-0.3, -0.25) is 0 Å². The number of aliphatic hydroxyl groups is 5. The molecule has 0 amide bonds. The van der Waals surface area contributed by atoms with E-state index in [0.29, 0.717) is 35.3 Å². The average Bonchev–Trinajstić information content (AvgIpc) is 3.17. The first kappa shape index (κ1) is 34.1. The highest BCUT2D eigenvalue weighted by atomic mass is 16.6. The predicted octanol–water partition coefficient (Wildman–Crippen LogP) is 3.18. The van der Waals surface area contributed by atoms with E-state index >= 15 is 0 Å². The maximum Gasteiger partial charge on any atom is 0.186 e. The monoisotopic (exact) mass is 610 g/mol. The summed E-state index contributed by atoms with van der Waals surface area (Å²) in [5.41, 5.74) is 3.30. The molecule has 236 valence electrons. The van der Waals surface area contributed by atoms with Crippen molar-refractivity contribution in [3.05, 3.63) is 101 Å². The summed E-state index contributed by atoms with van der Waals surface area (Å²) in [4.78, 5) is 11.1. The number of phenols is 2. The Kier molecular flexibility index (Phi) is 13.2. The predicted molar refractivity (Wildman–Crippen MR) is 163 cm³/mol. The van der Waals surface area contributed by atoms with Gasteiger partial charge in [0.05, 0.1) is 19.0 Å². The number of carbonyl (C=O) groups is 1. The molecule has 11 heteroatoms. The van der Waals surface area contributed by atoms with Crippen LogP contribution < -0.4 is 4.74 Å². The van der Waals surface area contributed by atoms with Crippen LogP contribution in [-0.2, 0) is 27.1 Å². The number of aldehydes is 1. The van der Waals surface area contributed by atoms with Gasteiger partial charge in [-0.15, -0.1) is 0 Å². The molecular formula is C33H38O11. The normalized spacial score (nSPS) is 15.6. The Bertz CT molecular complexity index is 1400. The van der Waals surface area contributed by atoms with Crippen LogP contribution in [-0.4, -0.2) is 80.0 Å². The van der Waals surface area contributed by atoms with Crippen molar-refractivity contribution < 1.29 is 54.8 Å². The standard InChI is InChI=1S/C33H38O11/c1-21(44-33(41)31(38)32(39)40)20-43-26-17-23(16-25-9-8-24(11-14-35)30(37)27(25)19-26)12-15-42-29-10-7-22(18-28(29)36)6-4-2-3-5-13-34/h2-10,13-14,16-18,21,31-34,36-41H,11-12,15,19-20H2,1H3/b3-2+,6-4+,13-5+. The van der Waals surface area contributed by atoms with Crippen molar-refractivity contribution in [2.24, 2.45) is 0 Å². The number of carbonyl (C=O) groups excluding carboxylic acids is 1. The van der Waals surface area contributed by atoms with Crippen LogP contribution in [0.1, 0.15) is 35.6 Å². The fraction of sp³-hybridized carbons (Fsp3) is 0.303. The zero-order chi connectivity index (χ0) is 32.1. The maximum absolute atomic E-state index is 11.1. The van der Waals surface area contributed by atoms with E-state index in [9.17, 15) is 25.2 Å². The summed E-state index contributed by atoms with van der Waals surface area (Å²) in [5.74, 6) is 0.696. The molecule has 11 nitrogen and oxygen atoms in total. The van der Waals surface area contributed by atoms with Gasteiger partial charge < -0.3 is 54.8 Å². The molecule has 0 bridgehead atoms. The fourth-order valence-electron chi connectivity index (χ4n) is 4.30. The summed E-state index contributed by atoms with van der Waals surface area (Å²) in [6.45, 7) is 1.69. The van der Waals surface area contributed by atoms with Crippen molar-refractivity contribution in [3.63, 3.8) is 0 Å². The number of allylic oxidation sites excluding steroid dienone is 6. The molecule has 0 saturated heterocycles. The molecule has 0 radical (unpaired) electrons. The van der Waals surface area contributed by atoms with Gasteiger partial charge in [0.25, 0.3) is 0 Å². The molecule has 44 heavy (non-hydrogen) atoms. The van der Waals surface area contributed by atoms with Crippen LogP contribution in [0.15, 0.2) is 78.3 Å². The lowest BCUT2D eigenvalue weighted by Crippen LogP contribution is -2.41. The summed E-state index contributed by atoms with van der Waals surface area (Å²) in [6, 6.07) is 8.50. The minimum Gasteiger partial charge on any atom is -0.516 e. The third kappa shape index (κ3) is 10.1. The summed E-state index contributed by atoms with van der Waals surface area (Å²) in [6.07, 6.45) is 7.59. The van der Waals surface area contributed by atoms with Gasteiger partial charge in [0, 0.05) is 30.4 Å². The first-order valence-electron chi connectivity index (χ1n) is 13.9. The fourth-order valence-corrected chi connectivity index (χ4v) is 4.30. The van der Waals surface area contributed by atoms with E-state index in [1.54, 1.807) is 61.6 Å². The number of ether oxygens (including phenoxy) is 3. The molecule has 0 aliphatic heterocycles. The molecule has 3 unspecified atom stereocenters. The quantitative estimate of drug-likeness (QED) is 0.0640. The molecular weight excluding hydrogens is 572 g/mol. The number of phenolic OH excluding ortho intramolecular Hbond substituents is 2. The van der Waals surface area contributed by atoms with Crippen molar-refractivity contribution in [1.29, 1.82) is 0 Å². The lowest BCUT2D eigenvalue weighted by atomic mass is 9.98. The van der Waals surface area contributed by atoms with Crippen molar-refractivity contribution >= 4 is 18.4 Å². The summed E-state index contributed by atoms with van der Waals surface area (Å²) >= 11 is 0. The zero-order valence-corrected chi connectivity index (χ0v) is 24.2. The van der Waals surface area contributed by atoms with E-state index < -0.39 is 24.8 Å². The Labute approximate surface area is 255 Å². The van der Waals surface area contributed by atoms with E-state index in [1.165, 1.54) is 6.08 Å². The molecule has 7 N–H and O–H groups in total. The van der Waals surface area contributed by atoms with Crippen LogP contribution in [0, 0.1) is 0 Å². The molecule has 0 aromatic heterocycles. The minimum atomic E-state index is -2.18. The second-order valence-electron chi connectivity index (χ2n) is 9.98. The van der Waals surface area contributed by atoms with Crippen LogP contribution in [0.3, 0.4) is 0 Å². The van der Waals surface area contributed by atoms with Crippen LogP contribution >= 0.6 is 0 Å². The average molecular weight is 611 g/mol. The van der Waals surface area contributed by atoms with Gasteiger partial charge in [-0.25, -0.2) is 0 Å². The van der Waals surface area contributed by atoms with E-state index in [1.807, 2.05) is 12.1 Å². The number of benzene rings is 2.